The van der Waals surface area contributed by atoms with Crippen LogP contribution >= 0.6 is 0 Å². The van der Waals surface area contributed by atoms with Gasteiger partial charge < -0.3 is 0 Å². The zero-order valence-corrected chi connectivity index (χ0v) is 7.62. The molecule has 0 bridgehead atoms. The Balaban J connectivity index is 3.36. The van der Waals surface area contributed by atoms with Crippen molar-refractivity contribution in [2.24, 2.45) is 0 Å². The van der Waals surface area contributed by atoms with Crippen molar-refractivity contribution in [3.63, 3.8) is 0 Å². The molecule has 0 saturated carbocycles. The van der Waals surface area contributed by atoms with Crippen LogP contribution < -0.4 is 0 Å². The molecule has 0 aliphatic carbocycles. The molecule has 0 radical (unpaired) electrons. The van der Waals surface area contributed by atoms with Crippen molar-refractivity contribution < 1.29 is 4.43 Å². The maximum atomic E-state index is 5.44. The normalized spacial score (nSPS) is 10.3. The van der Waals surface area contributed by atoms with Gasteiger partial charge in [0.2, 0.25) is 0 Å². The summed E-state index contributed by atoms with van der Waals surface area (Å²) >= 11 is 1.83. The zero-order valence-electron chi connectivity index (χ0n) is 6.62. The summed E-state index contributed by atoms with van der Waals surface area (Å²) in [5.41, 5.74) is 0. The number of hydrogen-bond donors (Lipinski definition) is 0. The van der Waals surface area contributed by atoms with Gasteiger partial charge in [-0.3, -0.25) is 0 Å². The van der Waals surface area contributed by atoms with Crippen LogP contribution in [0.15, 0.2) is 0 Å². The fourth-order valence-corrected chi connectivity index (χ4v) is 0.830. The van der Waals surface area contributed by atoms with Gasteiger partial charge in [-0.25, -0.2) is 0 Å². The van der Waals surface area contributed by atoms with Gasteiger partial charge in [-0.15, -0.1) is 0 Å². The van der Waals surface area contributed by atoms with E-state index in [0.29, 0.717) is 6.61 Å². The van der Waals surface area contributed by atoms with Crippen LogP contribution in [0.1, 0.15) is 0 Å². The van der Waals surface area contributed by atoms with Crippen LogP contribution in [0.2, 0.25) is 19.6 Å². The Bertz CT molecular complexity index is 128. The Hall–Kier alpha value is 0.334. The van der Waals surface area contributed by atoms with E-state index in [1.165, 1.54) is 0 Å². The maximum absolute atomic E-state index is 5.44. The van der Waals surface area contributed by atoms with E-state index in [0.717, 1.165) is 0 Å². The van der Waals surface area contributed by atoms with Gasteiger partial charge in [-0.05, 0) is 0 Å². The molecule has 0 fully saturated rings. The predicted molar refractivity (Wildman–Crippen MR) is 42.8 cm³/mol. The Morgan fingerprint density at radius 2 is 2.00 bits per heavy atom. The van der Waals surface area contributed by atoms with Crippen LogP contribution in [0.3, 0.4) is 0 Å². The molecule has 0 aromatic carbocycles. The van der Waals surface area contributed by atoms with Crippen LogP contribution in [-0.4, -0.2) is 32.6 Å². The van der Waals surface area contributed by atoms with Crippen molar-refractivity contribution in [2.45, 2.75) is 19.6 Å². The molecule has 0 rings (SSSR count). The molecule has 0 aromatic rings. The molecular weight excluding hydrogens is 123 g/mol. The van der Waals surface area contributed by atoms with Crippen molar-refractivity contribution in [1.29, 1.82) is 0 Å². The molecule has 0 aromatic heterocycles. The summed E-state index contributed by atoms with van der Waals surface area (Å²) < 4.78 is 8.22. The summed E-state index contributed by atoms with van der Waals surface area (Å²) in [5, 5.41) is 0. The standard InChI is InChI=1S/C6H11OSi.Li/c1-5-6-7-8(2,3)4;/h6H2,2-4H3;. The van der Waals surface area contributed by atoms with Gasteiger partial charge >= 0.3 is 67.2 Å². The van der Waals surface area contributed by atoms with E-state index in [9.17, 15) is 0 Å². The zero-order chi connectivity index (χ0) is 7.33. The predicted octanol–water partition coefficient (Wildman–Crippen LogP) is 0.967. The summed E-state index contributed by atoms with van der Waals surface area (Å²) in [4.78, 5) is 0. The molecule has 9 heavy (non-hydrogen) atoms. The first-order chi connectivity index (χ1) is 4.06. The average molecular weight is 134 g/mol. The minimum absolute atomic E-state index is 0.603. The fourth-order valence-electron chi connectivity index (χ4n) is 0.325. The summed E-state index contributed by atoms with van der Waals surface area (Å²) in [7, 11) is -1.30. The van der Waals surface area contributed by atoms with Crippen LogP contribution in [-0.2, 0) is 4.43 Å². The third-order valence-electron chi connectivity index (χ3n) is 0.754. The first kappa shape index (κ1) is 9.33. The van der Waals surface area contributed by atoms with Crippen molar-refractivity contribution in [3.05, 3.63) is 0 Å². The van der Waals surface area contributed by atoms with Crippen LogP contribution in [0.4, 0.5) is 0 Å². The van der Waals surface area contributed by atoms with Gasteiger partial charge in [0, 0.05) is 0 Å². The second-order valence-corrected chi connectivity index (χ2v) is 7.34. The molecule has 0 spiro atoms. The Kier molecular flexibility index (Phi) is 4.35. The molecule has 1 nitrogen and oxygen atoms in total. The van der Waals surface area contributed by atoms with E-state index < -0.39 is 8.32 Å². The third kappa shape index (κ3) is 8.33. The summed E-state index contributed by atoms with van der Waals surface area (Å²) in [6.45, 7) is 7.07. The van der Waals surface area contributed by atoms with E-state index in [1.54, 1.807) is 0 Å². The molecule has 0 atom stereocenters. The van der Waals surface area contributed by atoms with E-state index in [-0.39, 0.29) is 0 Å². The van der Waals surface area contributed by atoms with Crippen molar-refractivity contribution in [3.8, 4) is 10.5 Å². The quantitative estimate of drug-likeness (QED) is 0.404. The Morgan fingerprint density at radius 1 is 1.44 bits per heavy atom. The van der Waals surface area contributed by atoms with Gasteiger partial charge in [0.25, 0.3) is 0 Å². The van der Waals surface area contributed by atoms with Gasteiger partial charge in [-0.1, -0.05) is 0 Å². The molecule has 0 unspecified atom stereocenters. The second-order valence-electron chi connectivity index (χ2n) is 2.83. The molecule has 0 saturated heterocycles. The molecule has 46 valence electrons. The molecule has 0 aliphatic rings. The van der Waals surface area contributed by atoms with Crippen molar-refractivity contribution in [1.82, 2.24) is 0 Å². The average Bonchev–Trinajstić information content (AvgIpc) is 1.63. The van der Waals surface area contributed by atoms with E-state index in [1.807, 2.05) is 17.7 Å². The molecule has 0 N–H and O–H groups in total. The van der Waals surface area contributed by atoms with Gasteiger partial charge in [0.15, 0.2) is 0 Å². The molecule has 3 heteroatoms. The first-order valence-electron chi connectivity index (χ1n) is 3.10. The van der Waals surface area contributed by atoms with Crippen molar-refractivity contribution >= 4 is 26.0 Å². The molecule has 0 amide bonds. The fraction of sp³-hybridized carbons (Fsp3) is 0.667. The van der Waals surface area contributed by atoms with Gasteiger partial charge in [0.05, 0.1) is 0 Å². The van der Waals surface area contributed by atoms with Crippen LogP contribution in [0.25, 0.3) is 0 Å². The van der Waals surface area contributed by atoms with Gasteiger partial charge in [-0.2, -0.15) is 0 Å². The summed E-state index contributed by atoms with van der Waals surface area (Å²) in [5.74, 6) is 2.87. The third-order valence-corrected chi connectivity index (χ3v) is 1.76. The SMILES string of the molecule is [Li][C]#CCO[Si](C)(C)C. The topological polar surface area (TPSA) is 9.23 Å². The van der Waals surface area contributed by atoms with E-state index in [4.69, 9.17) is 4.43 Å². The van der Waals surface area contributed by atoms with Crippen LogP contribution in [0.5, 0.6) is 0 Å². The molecule has 0 heterocycles. The second kappa shape index (κ2) is 4.20. The molecular formula is C6H11LiOSi. The van der Waals surface area contributed by atoms with Crippen LogP contribution in [0, 0.1) is 10.5 Å². The Morgan fingerprint density at radius 3 is 2.33 bits per heavy atom. The number of rotatable bonds is 2. The number of hydrogen-bond acceptors (Lipinski definition) is 1. The van der Waals surface area contributed by atoms with Crippen molar-refractivity contribution in [2.75, 3.05) is 6.61 Å². The first-order valence-corrected chi connectivity index (χ1v) is 6.50. The minimum atomic E-state index is -1.30. The van der Waals surface area contributed by atoms with E-state index >= 15 is 0 Å². The van der Waals surface area contributed by atoms with E-state index in [2.05, 4.69) is 30.2 Å². The summed E-state index contributed by atoms with van der Waals surface area (Å²) in [6.07, 6.45) is 0. The Labute approximate surface area is 67.5 Å². The summed E-state index contributed by atoms with van der Waals surface area (Å²) in [6, 6.07) is 0. The van der Waals surface area contributed by atoms with Gasteiger partial charge in [0.1, 0.15) is 0 Å². The molecule has 0 aliphatic heterocycles. The monoisotopic (exact) mass is 134 g/mol.